The van der Waals surface area contributed by atoms with Crippen LogP contribution in [0.2, 0.25) is 0 Å². The summed E-state index contributed by atoms with van der Waals surface area (Å²) in [6.45, 7) is 5.27. The summed E-state index contributed by atoms with van der Waals surface area (Å²) in [7, 11) is 0. The van der Waals surface area contributed by atoms with Gasteiger partial charge in [0.2, 0.25) is 0 Å². The van der Waals surface area contributed by atoms with Crippen LogP contribution in [0.1, 0.15) is 25.8 Å². The zero-order valence-corrected chi connectivity index (χ0v) is 12.4. The fourth-order valence-electron chi connectivity index (χ4n) is 2.16. The van der Waals surface area contributed by atoms with E-state index in [4.69, 9.17) is 0 Å². The molecule has 18 heavy (non-hydrogen) atoms. The molecule has 0 aliphatic carbocycles. The Kier molecular flexibility index (Phi) is 4.72. The number of benzene rings is 1. The highest BCUT2D eigenvalue weighted by Gasteiger charge is 2.07. The minimum absolute atomic E-state index is 0.498. The van der Waals surface area contributed by atoms with E-state index in [0.717, 1.165) is 18.5 Å². The van der Waals surface area contributed by atoms with Gasteiger partial charge in [-0.05, 0) is 25.0 Å². The summed E-state index contributed by atoms with van der Waals surface area (Å²) in [5.41, 5.74) is 2.37. The van der Waals surface area contributed by atoms with E-state index in [0.29, 0.717) is 10.9 Å². The van der Waals surface area contributed by atoms with E-state index >= 15 is 0 Å². The number of nitrogens with one attached hydrogen (secondary N) is 1. The summed E-state index contributed by atoms with van der Waals surface area (Å²) in [4.78, 5) is 5.02. The first-order valence-electron chi connectivity index (χ1n) is 6.37. The van der Waals surface area contributed by atoms with Gasteiger partial charge in [0, 0.05) is 29.0 Å². The van der Waals surface area contributed by atoms with Crippen molar-refractivity contribution in [2.45, 2.75) is 37.7 Å². The summed E-state index contributed by atoms with van der Waals surface area (Å²) in [6, 6.07) is 10.9. The number of aromatic nitrogens is 1. The average molecular weight is 307 g/mol. The Bertz CT molecular complexity index is 505. The van der Waals surface area contributed by atoms with Crippen LogP contribution in [0.3, 0.4) is 0 Å². The van der Waals surface area contributed by atoms with Gasteiger partial charge >= 0.3 is 0 Å². The van der Waals surface area contributed by atoms with Gasteiger partial charge in [0.15, 0.2) is 0 Å². The van der Waals surface area contributed by atoms with Crippen molar-refractivity contribution in [3.8, 4) is 0 Å². The maximum Gasteiger partial charge on any atom is 0.0746 e. The summed E-state index contributed by atoms with van der Waals surface area (Å²) in [5, 5.41) is 4.76. The molecule has 1 aromatic heterocycles. The second-order valence-electron chi connectivity index (χ2n) is 4.79. The average Bonchev–Trinajstić information content (AvgIpc) is 2.35. The molecule has 0 aliphatic heterocycles. The van der Waals surface area contributed by atoms with Crippen molar-refractivity contribution in [3.63, 3.8) is 0 Å². The normalized spacial score (nSPS) is 14.6. The van der Waals surface area contributed by atoms with Crippen LogP contribution in [-0.4, -0.2) is 15.9 Å². The molecule has 1 aromatic carbocycles. The molecular formula is C15H19BrN2. The molecule has 2 atom stereocenters. The predicted molar refractivity (Wildman–Crippen MR) is 81.1 cm³/mol. The Morgan fingerprint density at radius 1 is 1.22 bits per heavy atom. The second-order valence-corrected chi connectivity index (χ2v) is 6.35. The highest BCUT2D eigenvalue weighted by atomic mass is 79.9. The van der Waals surface area contributed by atoms with Crippen LogP contribution in [0, 0.1) is 0 Å². The first-order chi connectivity index (χ1) is 8.66. The van der Waals surface area contributed by atoms with Gasteiger partial charge in [-0.2, -0.15) is 0 Å². The van der Waals surface area contributed by atoms with Gasteiger partial charge in [-0.25, -0.2) is 0 Å². The summed E-state index contributed by atoms with van der Waals surface area (Å²) >= 11 is 3.59. The van der Waals surface area contributed by atoms with Crippen molar-refractivity contribution in [2.24, 2.45) is 0 Å². The molecule has 2 unspecified atom stereocenters. The molecule has 0 radical (unpaired) electrons. The third-order valence-corrected chi connectivity index (χ3v) is 3.41. The molecule has 0 amide bonds. The molecule has 1 heterocycles. The van der Waals surface area contributed by atoms with Gasteiger partial charge < -0.3 is 5.32 Å². The Hall–Kier alpha value is -0.930. The van der Waals surface area contributed by atoms with Crippen LogP contribution in [0.15, 0.2) is 36.5 Å². The van der Waals surface area contributed by atoms with Crippen LogP contribution in [0.4, 0.5) is 0 Å². The Morgan fingerprint density at radius 3 is 2.78 bits per heavy atom. The molecule has 0 aliphatic rings. The van der Waals surface area contributed by atoms with Crippen molar-refractivity contribution >= 4 is 26.8 Å². The van der Waals surface area contributed by atoms with Crippen LogP contribution < -0.4 is 5.32 Å². The number of pyridine rings is 1. The number of rotatable bonds is 5. The molecular weight excluding hydrogens is 288 g/mol. The molecule has 2 rings (SSSR count). The van der Waals surface area contributed by atoms with E-state index in [9.17, 15) is 0 Å². The molecule has 96 valence electrons. The summed E-state index contributed by atoms with van der Waals surface area (Å²) in [5.74, 6) is 0. The number of hydrogen-bond acceptors (Lipinski definition) is 2. The summed E-state index contributed by atoms with van der Waals surface area (Å²) in [6.07, 6.45) is 2.98. The molecule has 0 fully saturated rings. The van der Waals surface area contributed by atoms with E-state index < -0.39 is 0 Å². The van der Waals surface area contributed by atoms with E-state index in [1.807, 2.05) is 12.3 Å². The lowest BCUT2D eigenvalue weighted by Crippen LogP contribution is -2.27. The first-order valence-corrected chi connectivity index (χ1v) is 7.28. The minimum atomic E-state index is 0.498. The molecule has 0 bridgehead atoms. The van der Waals surface area contributed by atoms with Gasteiger partial charge in [-0.1, -0.05) is 47.1 Å². The number of halogens is 1. The highest BCUT2D eigenvalue weighted by molar-refractivity contribution is 9.09. The zero-order valence-electron chi connectivity index (χ0n) is 10.9. The van der Waals surface area contributed by atoms with E-state index in [1.54, 1.807) is 0 Å². The van der Waals surface area contributed by atoms with Crippen LogP contribution in [-0.2, 0) is 6.54 Å². The van der Waals surface area contributed by atoms with Crippen molar-refractivity contribution < 1.29 is 0 Å². The topological polar surface area (TPSA) is 24.9 Å². The molecule has 0 saturated carbocycles. The van der Waals surface area contributed by atoms with Crippen LogP contribution >= 0.6 is 15.9 Å². The molecule has 0 saturated heterocycles. The van der Waals surface area contributed by atoms with Crippen molar-refractivity contribution in [1.29, 1.82) is 0 Å². The van der Waals surface area contributed by atoms with Crippen molar-refractivity contribution in [2.75, 3.05) is 0 Å². The second kappa shape index (κ2) is 6.30. The third-order valence-electron chi connectivity index (χ3n) is 3.04. The largest absolute Gasteiger partial charge is 0.310 e. The first kappa shape index (κ1) is 13.5. The Morgan fingerprint density at radius 2 is 2.00 bits per heavy atom. The number of nitrogens with zero attached hydrogens (tertiary/aromatic N) is 1. The number of alkyl halides is 1. The fraction of sp³-hybridized carbons (Fsp3) is 0.400. The van der Waals surface area contributed by atoms with Gasteiger partial charge in [0.05, 0.1) is 5.52 Å². The van der Waals surface area contributed by atoms with Crippen molar-refractivity contribution in [1.82, 2.24) is 10.3 Å². The van der Waals surface area contributed by atoms with Gasteiger partial charge in [0.1, 0.15) is 0 Å². The van der Waals surface area contributed by atoms with Gasteiger partial charge in [0.25, 0.3) is 0 Å². The van der Waals surface area contributed by atoms with Gasteiger partial charge in [-0.15, -0.1) is 0 Å². The van der Waals surface area contributed by atoms with Crippen LogP contribution in [0.25, 0.3) is 10.9 Å². The zero-order chi connectivity index (χ0) is 13.0. The Labute approximate surface area is 117 Å². The number of hydrogen-bond donors (Lipinski definition) is 1. The molecule has 1 N–H and O–H groups in total. The highest BCUT2D eigenvalue weighted by Crippen LogP contribution is 2.16. The Balaban J connectivity index is 2.08. The predicted octanol–water partition coefficient (Wildman–Crippen LogP) is 3.89. The number of para-hydroxylation sites is 1. The molecule has 2 nitrogen and oxygen atoms in total. The monoisotopic (exact) mass is 306 g/mol. The quantitative estimate of drug-likeness (QED) is 0.848. The maximum absolute atomic E-state index is 4.47. The third kappa shape index (κ3) is 3.53. The van der Waals surface area contributed by atoms with Gasteiger partial charge in [-0.3, -0.25) is 4.98 Å². The molecule has 0 spiro atoms. The lowest BCUT2D eigenvalue weighted by atomic mass is 10.1. The number of fused-ring (bicyclic) bond motifs is 1. The SMILES string of the molecule is CC(Br)CC(C)NCc1cccc2cccnc12. The van der Waals surface area contributed by atoms with Crippen LogP contribution in [0.5, 0.6) is 0 Å². The minimum Gasteiger partial charge on any atom is -0.310 e. The molecule has 2 aromatic rings. The van der Waals surface area contributed by atoms with E-state index in [2.05, 4.69) is 64.3 Å². The fourth-order valence-corrected chi connectivity index (χ4v) is 2.73. The summed E-state index contributed by atoms with van der Waals surface area (Å²) < 4.78 is 0. The van der Waals surface area contributed by atoms with Crippen molar-refractivity contribution in [3.05, 3.63) is 42.1 Å². The van der Waals surface area contributed by atoms with E-state index in [1.165, 1.54) is 10.9 Å². The smallest absolute Gasteiger partial charge is 0.0746 e. The maximum atomic E-state index is 4.47. The molecule has 3 heteroatoms. The lowest BCUT2D eigenvalue weighted by molar-refractivity contribution is 0.516. The lowest BCUT2D eigenvalue weighted by Gasteiger charge is -2.15. The van der Waals surface area contributed by atoms with E-state index in [-0.39, 0.29) is 0 Å². The standard InChI is InChI=1S/C15H19BrN2/c1-11(16)9-12(2)18-10-14-6-3-5-13-7-4-8-17-15(13)14/h3-8,11-12,18H,9-10H2,1-2H3.